The Hall–Kier alpha value is -3.48. The van der Waals surface area contributed by atoms with E-state index in [0.717, 1.165) is 68.5 Å². The van der Waals surface area contributed by atoms with E-state index >= 15 is 0 Å². The second-order valence-electron chi connectivity index (χ2n) is 9.59. The molecule has 0 spiro atoms. The van der Waals surface area contributed by atoms with Crippen molar-refractivity contribution in [2.24, 2.45) is 5.16 Å². The van der Waals surface area contributed by atoms with Crippen LogP contribution in [0.5, 0.6) is 0 Å². The van der Waals surface area contributed by atoms with Crippen LogP contribution in [0.4, 0.5) is 8.78 Å². The number of amides is 1. The van der Waals surface area contributed by atoms with Crippen molar-refractivity contribution in [1.29, 1.82) is 0 Å². The molecule has 1 aliphatic rings. The molecule has 1 amide bonds. The van der Waals surface area contributed by atoms with Crippen molar-refractivity contribution in [3.8, 4) is 0 Å². The van der Waals surface area contributed by atoms with E-state index in [4.69, 9.17) is 4.84 Å². The van der Waals surface area contributed by atoms with Crippen molar-refractivity contribution in [3.05, 3.63) is 94.3 Å². The maximum atomic E-state index is 13.7. The molecule has 37 heavy (non-hydrogen) atoms. The molecular weight excluding hydrogens is 472 g/mol. The van der Waals surface area contributed by atoms with E-state index in [1.54, 1.807) is 6.21 Å². The Morgan fingerprint density at radius 2 is 1.86 bits per heavy atom. The lowest BCUT2D eigenvalue weighted by atomic mass is 9.99. The molecule has 0 bridgehead atoms. The van der Waals surface area contributed by atoms with Crippen molar-refractivity contribution < 1.29 is 18.4 Å². The van der Waals surface area contributed by atoms with Crippen LogP contribution in [-0.2, 0) is 24.3 Å². The number of hydrogen-bond acceptors (Lipinski definition) is 3. The van der Waals surface area contributed by atoms with Crippen LogP contribution in [-0.4, -0.2) is 23.3 Å². The molecule has 1 fully saturated rings. The molecule has 1 aromatic heterocycles. The minimum absolute atomic E-state index is 0.110. The highest BCUT2D eigenvalue weighted by Gasteiger charge is 2.28. The molecule has 3 aromatic rings. The molecule has 1 aliphatic carbocycles. The summed E-state index contributed by atoms with van der Waals surface area (Å²) in [5.74, 6) is -1.78. The molecule has 5 nitrogen and oxygen atoms in total. The molecule has 7 heteroatoms. The van der Waals surface area contributed by atoms with E-state index in [9.17, 15) is 13.6 Å². The minimum Gasteiger partial charge on any atom is -0.396 e. The summed E-state index contributed by atoms with van der Waals surface area (Å²) in [6, 6.07) is 15.8. The van der Waals surface area contributed by atoms with Gasteiger partial charge in [0.2, 0.25) is 0 Å². The number of benzene rings is 2. The van der Waals surface area contributed by atoms with Crippen molar-refractivity contribution in [3.63, 3.8) is 0 Å². The zero-order valence-electron chi connectivity index (χ0n) is 21.4. The molecular formula is C30H35F2N3O2. The Morgan fingerprint density at radius 1 is 1.08 bits per heavy atom. The largest absolute Gasteiger partial charge is 0.396 e. The predicted octanol–water partition coefficient (Wildman–Crippen LogP) is 6.75. The maximum Gasteiger partial charge on any atom is 0.253 e. The van der Waals surface area contributed by atoms with Crippen molar-refractivity contribution in [1.82, 2.24) is 9.88 Å². The van der Waals surface area contributed by atoms with E-state index in [-0.39, 0.29) is 18.4 Å². The third-order valence-electron chi connectivity index (χ3n) is 6.91. The van der Waals surface area contributed by atoms with Gasteiger partial charge in [0, 0.05) is 24.7 Å². The molecule has 4 rings (SSSR count). The smallest absolute Gasteiger partial charge is 0.253 e. The molecule has 0 atom stereocenters. The number of nitrogens with one attached hydrogen (secondary N) is 1. The lowest BCUT2D eigenvalue weighted by Crippen LogP contribution is -2.24. The van der Waals surface area contributed by atoms with Crippen LogP contribution in [0.25, 0.3) is 0 Å². The van der Waals surface area contributed by atoms with Gasteiger partial charge >= 0.3 is 0 Å². The van der Waals surface area contributed by atoms with Crippen LogP contribution < -0.4 is 5.32 Å². The predicted molar refractivity (Wildman–Crippen MR) is 142 cm³/mol. The average Bonchev–Trinajstić information content (AvgIpc) is 3.56. The van der Waals surface area contributed by atoms with Crippen LogP contribution in [0, 0.1) is 11.6 Å². The topological polar surface area (TPSA) is 55.6 Å². The summed E-state index contributed by atoms with van der Waals surface area (Å²) >= 11 is 0. The Balaban J connectivity index is 1.62. The van der Waals surface area contributed by atoms with Crippen LogP contribution in [0.15, 0.2) is 59.8 Å². The summed E-state index contributed by atoms with van der Waals surface area (Å²) in [4.78, 5) is 18.9. The third kappa shape index (κ3) is 7.06. The summed E-state index contributed by atoms with van der Waals surface area (Å²) in [7, 11) is 0. The quantitative estimate of drug-likeness (QED) is 0.168. The number of unbranched alkanes of at least 4 members (excludes halogenated alkanes) is 1. The second-order valence-corrected chi connectivity index (χ2v) is 9.59. The van der Waals surface area contributed by atoms with Crippen molar-refractivity contribution in [2.75, 3.05) is 6.61 Å². The van der Waals surface area contributed by atoms with Gasteiger partial charge in [0.15, 0.2) is 11.6 Å². The number of halogens is 2. The zero-order chi connectivity index (χ0) is 26.0. The van der Waals surface area contributed by atoms with Gasteiger partial charge in [-0.2, -0.15) is 0 Å². The van der Waals surface area contributed by atoms with E-state index in [2.05, 4.69) is 34.1 Å². The summed E-state index contributed by atoms with van der Waals surface area (Å²) < 4.78 is 29.2. The SMILES string of the molecule is CCCCO/N=C/c1cc(C(=O)NCc2ccc(F)c(F)c2)c(C2CCCC2)n1CCc1ccccc1. The first-order valence-corrected chi connectivity index (χ1v) is 13.2. The van der Waals surface area contributed by atoms with Crippen molar-refractivity contribution in [2.45, 2.75) is 70.9 Å². The highest BCUT2D eigenvalue weighted by molar-refractivity contribution is 5.97. The molecule has 0 radical (unpaired) electrons. The van der Waals surface area contributed by atoms with Gasteiger partial charge in [-0.1, -0.05) is 67.7 Å². The zero-order valence-corrected chi connectivity index (χ0v) is 21.4. The minimum atomic E-state index is -0.924. The number of hydrogen-bond donors (Lipinski definition) is 1. The Kier molecular flexibility index (Phi) is 9.46. The van der Waals surface area contributed by atoms with E-state index in [1.807, 2.05) is 24.3 Å². The number of aromatic nitrogens is 1. The summed E-state index contributed by atoms with van der Waals surface area (Å²) in [5, 5.41) is 7.10. The van der Waals surface area contributed by atoms with Gasteiger partial charge in [0.1, 0.15) is 6.61 Å². The van der Waals surface area contributed by atoms with Gasteiger partial charge in [0.05, 0.1) is 17.5 Å². The van der Waals surface area contributed by atoms with Crippen LogP contribution in [0.3, 0.4) is 0 Å². The molecule has 1 heterocycles. The normalized spacial score (nSPS) is 13.9. The molecule has 1 saturated carbocycles. The van der Waals surface area contributed by atoms with Crippen molar-refractivity contribution >= 4 is 12.1 Å². The van der Waals surface area contributed by atoms with Gasteiger partial charge in [0.25, 0.3) is 5.91 Å². The monoisotopic (exact) mass is 507 g/mol. The van der Waals surface area contributed by atoms with Gasteiger partial charge in [-0.25, -0.2) is 8.78 Å². The Bertz CT molecular complexity index is 1200. The molecule has 0 aliphatic heterocycles. The summed E-state index contributed by atoms with van der Waals surface area (Å²) in [6.45, 7) is 3.47. The summed E-state index contributed by atoms with van der Waals surface area (Å²) in [6.07, 6.45) is 8.80. The second kappa shape index (κ2) is 13.2. The lowest BCUT2D eigenvalue weighted by molar-refractivity contribution is 0.0949. The third-order valence-corrected chi connectivity index (χ3v) is 6.91. The van der Waals surface area contributed by atoms with Gasteiger partial charge < -0.3 is 14.7 Å². The standard InChI is InChI=1S/C30H35F2N3O2/c1-2-3-17-37-34-21-25-19-26(30(36)33-20-23-13-14-27(31)28(32)18-23)29(24-11-7-8-12-24)35(25)16-15-22-9-5-4-6-10-22/h4-6,9-10,13-14,18-19,21,24H,2-3,7-8,11-12,15-17,20H2,1H3,(H,33,36)/b34-21+. The molecule has 1 N–H and O–H groups in total. The Labute approximate surface area is 217 Å². The summed E-state index contributed by atoms with van der Waals surface area (Å²) in [5.41, 5.74) is 4.18. The molecule has 2 aromatic carbocycles. The number of carbonyl (C=O) groups is 1. The Morgan fingerprint density at radius 3 is 2.59 bits per heavy atom. The number of aryl methyl sites for hydroxylation is 1. The fourth-order valence-corrected chi connectivity index (χ4v) is 4.93. The maximum absolute atomic E-state index is 13.7. The average molecular weight is 508 g/mol. The first kappa shape index (κ1) is 26.6. The number of oxime groups is 1. The van der Waals surface area contributed by atoms with E-state index in [1.165, 1.54) is 11.6 Å². The first-order valence-electron chi connectivity index (χ1n) is 13.2. The van der Waals surface area contributed by atoms with E-state index in [0.29, 0.717) is 24.3 Å². The first-order chi connectivity index (χ1) is 18.1. The highest BCUT2D eigenvalue weighted by Crippen LogP contribution is 2.37. The molecule has 0 unspecified atom stereocenters. The van der Waals surface area contributed by atoms with Gasteiger partial charge in [-0.3, -0.25) is 4.79 Å². The molecule has 0 saturated heterocycles. The number of carbonyl (C=O) groups excluding carboxylic acids is 1. The fourth-order valence-electron chi connectivity index (χ4n) is 4.93. The van der Waals surface area contributed by atoms with E-state index < -0.39 is 11.6 Å². The van der Waals surface area contributed by atoms with Gasteiger partial charge in [-0.05, 0) is 55.0 Å². The van der Waals surface area contributed by atoms with Gasteiger partial charge in [-0.15, -0.1) is 0 Å². The lowest BCUT2D eigenvalue weighted by Gasteiger charge is -2.18. The number of nitrogens with zero attached hydrogens (tertiary/aromatic N) is 2. The fraction of sp³-hybridized carbons (Fsp3) is 0.400. The number of rotatable bonds is 12. The molecule has 196 valence electrons. The van der Waals surface area contributed by atoms with Crippen LogP contribution in [0.1, 0.15) is 84.2 Å². The van der Waals surface area contributed by atoms with Crippen LogP contribution >= 0.6 is 0 Å². The highest BCUT2D eigenvalue weighted by atomic mass is 19.2. The van der Waals surface area contributed by atoms with Crippen LogP contribution in [0.2, 0.25) is 0 Å².